The van der Waals surface area contributed by atoms with Gasteiger partial charge in [0.25, 0.3) is 5.69 Å². The van der Waals surface area contributed by atoms with Crippen LogP contribution in [0.1, 0.15) is 19.3 Å². The summed E-state index contributed by atoms with van der Waals surface area (Å²) in [4.78, 5) is 12.4. The molecule has 1 saturated heterocycles. The highest BCUT2D eigenvalue weighted by molar-refractivity contribution is 5.51. The van der Waals surface area contributed by atoms with E-state index in [1.54, 1.807) is 0 Å². The minimum Gasteiger partial charge on any atom is -0.383 e. The van der Waals surface area contributed by atoms with Gasteiger partial charge in [0.2, 0.25) is 0 Å². The molecule has 0 amide bonds. The average molecular weight is 267 g/mol. The number of anilines is 1. The number of nitro groups is 1. The van der Waals surface area contributed by atoms with E-state index in [0.29, 0.717) is 18.3 Å². The Balaban J connectivity index is 2.00. The molecule has 1 heterocycles. The van der Waals surface area contributed by atoms with E-state index in [0.717, 1.165) is 19.0 Å². The lowest BCUT2D eigenvalue weighted by atomic mass is 10.0. The van der Waals surface area contributed by atoms with Gasteiger partial charge >= 0.3 is 0 Å². The van der Waals surface area contributed by atoms with Crippen LogP contribution in [0, 0.1) is 15.9 Å². The lowest BCUT2D eigenvalue weighted by Crippen LogP contribution is -2.40. The highest BCUT2D eigenvalue weighted by Crippen LogP contribution is 2.21. The van der Waals surface area contributed by atoms with Crippen molar-refractivity contribution >= 4 is 11.4 Å². The minimum absolute atomic E-state index is 0.223. The summed E-state index contributed by atoms with van der Waals surface area (Å²) in [7, 11) is 2.07. The molecule has 1 fully saturated rings. The van der Waals surface area contributed by atoms with Crippen molar-refractivity contribution < 1.29 is 9.31 Å². The Morgan fingerprint density at radius 1 is 1.47 bits per heavy atom. The number of rotatable bonds is 4. The molecular formula is C13H18FN3O2. The topological polar surface area (TPSA) is 58.4 Å². The highest BCUT2D eigenvalue weighted by Gasteiger charge is 2.18. The third-order valence-electron chi connectivity index (χ3n) is 3.56. The van der Waals surface area contributed by atoms with Crippen LogP contribution in [-0.4, -0.2) is 36.0 Å². The molecule has 6 heteroatoms. The Labute approximate surface area is 111 Å². The average Bonchev–Trinajstić information content (AvgIpc) is 2.37. The van der Waals surface area contributed by atoms with Crippen LogP contribution in [0.4, 0.5) is 15.8 Å². The van der Waals surface area contributed by atoms with Crippen molar-refractivity contribution in [2.24, 2.45) is 0 Å². The molecule has 1 atom stereocenters. The molecule has 1 aromatic carbocycles. The van der Waals surface area contributed by atoms with Crippen LogP contribution < -0.4 is 5.32 Å². The first-order chi connectivity index (χ1) is 9.06. The molecule has 0 bridgehead atoms. The number of likely N-dealkylation sites (tertiary alicyclic amines) is 1. The summed E-state index contributed by atoms with van der Waals surface area (Å²) in [5.74, 6) is -0.589. The highest BCUT2D eigenvalue weighted by atomic mass is 19.1. The summed E-state index contributed by atoms with van der Waals surface area (Å²) in [6.45, 7) is 1.74. The Bertz CT molecular complexity index is 467. The Morgan fingerprint density at radius 3 is 2.95 bits per heavy atom. The normalized spacial score (nSPS) is 20.2. The monoisotopic (exact) mass is 267 g/mol. The molecule has 0 saturated carbocycles. The number of likely N-dealkylation sites (N-methyl/N-ethyl adjacent to an activating group) is 1. The summed E-state index contributed by atoms with van der Waals surface area (Å²) < 4.78 is 13.3. The zero-order valence-electron chi connectivity index (χ0n) is 10.9. The van der Waals surface area contributed by atoms with E-state index in [1.165, 1.54) is 25.0 Å². The lowest BCUT2D eigenvalue weighted by Gasteiger charge is -2.32. The van der Waals surface area contributed by atoms with Crippen molar-refractivity contribution in [2.75, 3.05) is 25.5 Å². The number of benzene rings is 1. The van der Waals surface area contributed by atoms with Crippen molar-refractivity contribution in [3.8, 4) is 0 Å². The fourth-order valence-corrected chi connectivity index (χ4v) is 2.42. The molecule has 5 nitrogen and oxygen atoms in total. The van der Waals surface area contributed by atoms with Crippen molar-refractivity contribution in [2.45, 2.75) is 25.3 Å². The van der Waals surface area contributed by atoms with Crippen LogP contribution in [0.5, 0.6) is 0 Å². The van der Waals surface area contributed by atoms with Crippen molar-refractivity contribution in [1.82, 2.24) is 4.90 Å². The molecule has 2 rings (SSSR count). The second-order valence-electron chi connectivity index (χ2n) is 4.97. The number of piperidine rings is 1. The Hall–Kier alpha value is -1.69. The van der Waals surface area contributed by atoms with Crippen molar-refractivity contribution in [1.29, 1.82) is 0 Å². The van der Waals surface area contributed by atoms with E-state index in [2.05, 4.69) is 17.3 Å². The molecule has 1 N–H and O–H groups in total. The number of hydrogen-bond donors (Lipinski definition) is 1. The number of nitro benzene ring substituents is 1. The van der Waals surface area contributed by atoms with Crippen LogP contribution in [0.3, 0.4) is 0 Å². The van der Waals surface area contributed by atoms with Crippen LogP contribution >= 0.6 is 0 Å². The van der Waals surface area contributed by atoms with E-state index in [9.17, 15) is 14.5 Å². The van der Waals surface area contributed by atoms with E-state index >= 15 is 0 Å². The number of non-ortho nitro benzene ring substituents is 1. The molecular weight excluding hydrogens is 249 g/mol. The summed E-state index contributed by atoms with van der Waals surface area (Å²) >= 11 is 0. The van der Waals surface area contributed by atoms with Gasteiger partial charge in [0.15, 0.2) is 0 Å². The van der Waals surface area contributed by atoms with Crippen LogP contribution in [0.2, 0.25) is 0 Å². The lowest BCUT2D eigenvalue weighted by molar-refractivity contribution is -0.385. The molecule has 1 aliphatic rings. The van der Waals surface area contributed by atoms with Gasteiger partial charge in [-0.05, 0) is 32.5 Å². The number of nitrogens with one attached hydrogen (secondary N) is 1. The van der Waals surface area contributed by atoms with Crippen LogP contribution in [-0.2, 0) is 0 Å². The first kappa shape index (κ1) is 13.7. The molecule has 1 aliphatic heterocycles. The summed E-state index contributed by atoms with van der Waals surface area (Å²) in [5.41, 5.74) is 0.241. The molecule has 1 unspecified atom stereocenters. The van der Waals surface area contributed by atoms with E-state index in [-0.39, 0.29) is 5.69 Å². The van der Waals surface area contributed by atoms with Crippen molar-refractivity contribution in [3.63, 3.8) is 0 Å². The number of hydrogen-bond acceptors (Lipinski definition) is 4. The zero-order valence-corrected chi connectivity index (χ0v) is 10.9. The van der Waals surface area contributed by atoms with Gasteiger partial charge in [-0.1, -0.05) is 6.42 Å². The largest absolute Gasteiger partial charge is 0.383 e. The van der Waals surface area contributed by atoms with E-state index < -0.39 is 10.7 Å². The maximum atomic E-state index is 13.3. The van der Waals surface area contributed by atoms with Gasteiger partial charge in [0.05, 0.1) is 11.0 Å². The quantitative estimate of drug-likeness (QED) is 0.673. The first-order valence-corrected chi connectivity index (χ1v) is 6.45. The number of nitrogens with zero attached hydrogens (tertiary/aromatic N) is 2. The van der Waals surface area contributed by atoms with E-state index in [1.807, 2.05) is 0 Å². The minimum atomic E-state index is -0.589. The summed E-state index contributed by atoms with van der Waals surface area (Å²) in [5, 5.41) is 13.8. The fourth-order valence-electron chi connectivity index (χ4n) is 2.42. The third kappa shape index (κ3) is 3.64. The van der Waals surface area contributed by atoms with Gasteiger partial charge in [0.1, 0.15) is 5.82 Å². The molecule has 0 radical (unpaired) electrons. The predicted octanol–water partition coefficient (Wildman–Crippen LogP) is 2.63. The van der Waals surface area contributed by atoms with Gasteiger partial charge in [-0.15, -0.1) is 0 Å². The third-order valence-corrected chi connectivity index (χ3v) is 3.56. The molecule has 0 aromatic heterocycles. The van der Waals surface area contributed by atoms with Crippen molar-refractivity contribution in [3.05, 3.63) is 34.1 Å². The van der Waals surface area contributed by atoms with Gasteiger partial charge in [-0.25, -0.2) is 4.39 Å². The molecule has 19 heavy (non-hydrogen) atoms. The van der Waals surface area contributed by atoms with Gasteiger partial charge < -0.3 is 10.2 Å². The summed E-state index contributed by atoms with van der Waals surface area (Å²) in [6.07, 6.45) is 3.50. The zero-order chi connectivity index (χ0) is 13.8. The fraction of sp³-hybridized carbons (Fsp3) is 0.538. The SMILES string of the molecule is CN1CCCCC1CNc1cc(F)cc([N+](=O)[O-])c1. The molecule has 0 spiro atoms. The first-order valence-electron chi connectivity index (χ1n) is 6.45. The second-order valence-corrected chi connectivity index (χ2v) is 4.97. The standard InChI is InChI=1S/C13H18FN3O2/c1-16-5-3-2-4-12(16)9-15-11-6-10(14)7-13(8-11)17(18)19/h6-8,12,15H,2-5,9H2,1H3. The smallest absolute Gasteiger partial charge is 0.274 e. The van der Waals surface area contributed by atoms with Gasteiger partial charge in [0, 0.05) is 24.3 Å². The summed E-state index contributed by atoms with van der Waals surface area (Å²) in [6, 6.07) is 3.98. The Kier molecular flexibility index (Phi) is 4.31. The Morgan fingerprint density at radius 2 is 2.26 bits per heavy atom. The van der Waals surface area contributed by atoms with Crippen LogP contribution in [0.15, 0.2) is 18.2 Å². The number of halogens is 1. The molecule has 1 aromatic rings. The maximum Gasteiger partial charge on any atom is 0.274 e. The maximum absolute atomic E-state index is 13.3. The second kappa shape index (κ2) is 5.97. The van der Waals surface area contributed by atoms with Gasteiger partial charge in [-0.3, -0.25) is 10.1 Å². The predicted molar refractivity (Wildman–Crippen MR) is 71.8 cm³/mol. The van der Waals surface area contributed by atoms with E-state index in [4.69, 9.17) is 0 Å². The molecule has 0 aliphatic carbocycles. The van der Waals surface area contributed by atoms with Crippen LogP contribution in [0.25, 0.3) is 0 Å². The van der Waals surface area contributed by atoms with Gasteiger partial charge in [-0.2, -0.15) is 0 Å². The molecule has 104 valence electrons.